The molecule has 1 unspecified atom stereocenters. The second-order valence-electron chi connectivity index (χ2n) is 4.81. The summed E-state index contributed by atoms with van der Waals surface area (Å²) in [6, 6.07) is 6.90. The van der Waals surface area contributed by atoms with Gasteiger partial charge in [0.2, 0.25) is 5.91 Å². The van der Waals surface area contributed by atoms with Gasteiger partial charge in [0.05, 0.1) is 5.75 Å². The SMILES string of the molecule is CCS(=O)(=O)CC(C)Nc1cccc(NC(=O)COC)c1. The maximum atomic E-state index is 11.6. The van der Waals surface area contributed by atoms with Crippen LogP contribution in [0.3, 0.4) is 0 Å². The van der Waals surface area contributed by atoms with E-state index >= 15 is 0 Å². The summed E-state index contributed by atoms with van der Waals surface area (Å²) in [6.07, 6.45) is 0. The van der Waals surface area contributed by atoms with Crippen molar-refractivity contribution in [3.63, 3.8) is 0 Å². The van der Waals surface area contributed by atoms with Crippen molar-refractivity contribution >= 4 is 27.1 Å². The van der Waals surface area contributed by atoms with Gasteiger partial charge in [-0.05, 0) is 25.1 Å². The van der Waals surface area contributed by atoms with Gasteiger partial charge in [-0.3, -0.25) is 4.79 Å². The van der Waals surface area contributed by atoms with Crippen LogP contribution in [-0.4, -0.2) is 45.6 Å². The first-order valence-electron chi connectivity index (χ1n) is 6.72. The van der Waals surface area contributed by atoms with Crippen molar-refractivity contribution in [1.29, 1.82) is 0 Å². The highest BCUT2D eigenvalue weighted by molar-refractivity contribution is 7.91. The Morgan fingerprint density at radius 3 is 2.62 bits per heavy atom. The summed E-state index contributed by atoms with van der Waals surface area (Å²) in [7, 11) is -1.57. The van der Waals surface area contributed by atoms with Crippen LogP contribution in [-0.2, 0) is 19.4 Å². The summed E-state index contributed by atoms with van der Waals surface area (Å²) >= 11 is 0. The van der Waals surface area contributed by atoms with Gasteiger partial charge in [-0.2, -0.15) is 0 Å². The van der Waals surface area contributed by atoms with E-state index in [9.17, 15) is 13.2 Å². The Bertz CT molecular complexity index is 572. The molecule has 0 saturated carbocycles. The minimum absolute atomic E-state index is 0.0111. The molecule has 0 aliphatic heterocycles. The number of benzene rings is 1. The predicted octanol–water partition coefficient (Wildman–Crippen LogP) is 1.51. The van der Waals surface area contributed by atoms with Crippen LogP contribution in [0.2, 0.25) is 0 Å². The Morgan fingerprint density at radius 2 is 2.00 bits per heavy atom. The number of hydrogen-bond donors (Lipinski definition) is 2. The molecule has 1 aromatic carbocycles. The average Bonchev–Trinajstić information content (AvgIpc) is 2.38. The molecule has 21 heavy (non-hydrogen) atoms. The van der Waals surface area contributed by atoms with Crippen molar-refractivity contribution in [2.75, 3.05) is 35.9 Å². The molecule has 0 fully saturated rings. The molecule has 0 saturated heterocycles. The fourth-order valence-corrected chi connectivity index (χ4v) is 2.92. The third-order valence-electron chi connectivity index (χ3n) is 2.78. The van der Waals surface area contributed by atoms with Crippen molar-refractivity contribution in [3.8, 4) is 0 Å². The molecular formula is C14H22N2O4S. The summed E-state index contributed by atoms with van der Waals surface area (Å²) in [4.78, 5) is 11.4. The maximum Gasteiger partial charge on any atom is 0.250 e. The monoisotopic (exact) mass is 314 g/mol. The molecule has 0 spiro atoms. The normalized spacial score (nSPS) is 12.7. The molecule has 0 radical (unpaired) electrons. The van der Waals surface area contributed by atoms with Crippen LogP contribution < -0.4 is 10.6 Å². The van der Waals surface area contributed by atoms with Gasteiger partial charge >= 0.3 is 0 Å². The summed E-state index contributed by atoms with van der Waals surface area (Å²) in [6.45, 7) is 3.43. The Kier molecular flexibility index (Phi) is 6.64. The van der Waals surface area contributed by atoms with Gasteiger partial charge in [-0.1, -0.05) is 13.0 Å². The largest absolute Gasteiger partial charge is 0.382 e. The Labute approximate surface area is 125 Å². The van der Waals surface area contributed by atoms with E-state index in [0.717, 1.165) is 5.69 Å². The second-order valence-corrected chi connectivity index (χ2v) is 7.20. The Balaban J connectivity index is 2.66. The van der Waals surface area contributed by atoms with Crippen LogP contribution in [0.1, 0.15) is 13.8 Å². The van der Waals surface area contributed by atoms with Crippen LogP contribution >= 0.6 is 0 Å². The fraction of sp³-hybridized carbons (Fsp3) is 0.500. The molecule has 6 nitrogen and oxygen atoms in total. The molecule has 0 aliphatic carbocycles. The van der Waals surface area contributed by atoms with Crippen molar-refractivity contribution < 1.29 is 17.9 Å². The summed E-state index contributed by atoms with van der Waals surface area (Å²) < 4.78 is 27.9. The van der Waals surface area contributed by atoms with Crippen molar-refractivity contribution in [2.45, 2.75) is 19.9 Å². The standard InChI is InChI=1S/C14H22N2O4S/c1-4-21(18,19)10-11(2)15-12-6-5-7-13(8-12)16-14(17)9-20-3/h5-8,11,15H,4,9-10H2,1-3H3,(H,16,17). The van der Waals surface area contributed by atoms with E-state index in [4.69, 9.17) is 4.74 Å². The molecule has 0 heterocycles. The van der Waals surface area contributed by atoms with Gasteiger partial charge in [0, 0.05) is 30.3 Å². The summed E-state index contributed by atoms with van der Waals surface area (Å²) in [5, 5.41) is 5.81. The number of carbonyl (C=O) groups excluding carboxylic acids is 1. The van der Waals surface area contributed by atoms with E-state index < -0.39 is 9.84 Å². The zero-order chi connectivity index (χ0) is 15.9. The molecule has 1 atom stereocenters. The molecule has 7 heteroatoms. The highest BCUT2D eigenvalue weighted by atomic mass is 32.2. The van der Waals surface area contributed by atoms with Crippen molar-refractivity contribution in [1.82, 2.24) is 0 Å². The number of amides is 1. The molecular weight excluding hydrogens is 292 g/mol. The Morgan fingerprint density at radius 1 is 1.33 bits per heavy atom. The van der Waals surface area contributed by atoms with E-state index in [2.05, 4.69) is 10.6 Å². The molecule has 0 bridgehead atoms. The Hall–Kier alpha value is -1.60. The van der Waals surface area contributed by atoms with Gasteiger partial charge < -0.3 is 15.4 Å². The zero-order valence-corrected chi connectivity index (χ0v) is 13.4. The first kappa shape index (κ1) is 17.5. The minimum Gasteiger partial charge on any atom is -0.382 e. The number of methoxy groups -OCH3 is 1. The van der Waals surface area contributed by atoms with Gasteiger partial charge in [-0.25, -0.2) is 8.42 Å². The molecule has 1 amide bonds. The number of anilines is 2. The lowest BCUT2D eigenvalue weighted by atomic mass is 10.2. The third kappa shape index (κ3) is 6.59. The van der Waals surface area contributed by atoms with Crippen LogP contribution in [0.5, 0.6) is 0 Å². The van der Waals surface area contributed by atoms with Gasteiger partial charge in [-0.15, -0.1) is 0 Å². The number of carbonyl (C=O) groups is 1. The third-order valence-corrected chi connectivity index (χ3v) is 4.67. The fourth-order valence-electron chi connectivity index (χ4n) is 1.84. The molecule has 1 rings (SSSR count). The number of nitrogens with one attached hydrogen (secondary N) is 2. The van der Waals surface area contributed by atoms with E-state index in [1.165, 1.54) is 7.11 Å². The minimum atomic E-state index is -3.02. The average molecular weight is 314 g/mol. The first-order chi connectivity index (χ1) is 9.86. The van der Waals surface area contributed by atoms with Crippen molar-refractivity contribution in [3.05, 3.63) is 24.3 Å². The molecule has 0 aliphatic rings. The molecule has 2 N–H and O–H groups in total. The van der Waals surface area contributed by atoms with Gasteiger partial charge in [0.25, 0.3) is 0 Å². The van der Waals surface area contributed by atoms with Gasteiger partial charge in [0.15, 0.2) is 9.84 Å². The van der Waals surface area contributed by atoms with E-state index in [-0.39, 0.29) is 30.1 Å². The van der Waals surface area contributed by atoms with E-state index in [1.54, 1.807) is 25.1 Å². The molecule has 1 aromatic rings. The zero-order valence-electron chi connectivity index (χ0n) is 12.5. The molecule has 118 valence electrons. The number of ether oxygens (including phenoxy) is 1. The smallest absolute Gasteiger partial charge is 0.250 e. The van der Waals surface area contributed by atoms with E-state index in [1.807, 2.05) is 13.0 Å². The quantitative estimate of drug-likeness (QED) is 0.760. The van der Waals surface area contributed by atoms with Crippen molar-refractivity contribution in [2.24, 2.45) is 0 Å². The maximum absolute atomic E-state index is 11.6. The highest BCUT2D eigenvalue weighted by Crippen LogP contribution is 2.16. The van der Waals surface area contributed by atoms with Crippen LogP contribution in [0.25, 0.3) is 0 Å². The summed E-state index contributed by atoms with van der Waals surface area (Å²) in [5.41, 5.74) is 1.39. The predicted molar refractivity (Wildman–Crippen MR) is 84.4 cm³/mol. The lowest BCUT2D eigenvalue weighted by molar-refractivity contribution is -0.119. The lowest BCUT2D eigenvalue weighted by Gasteiger charge is -2.16. The number of hydrogen-bond acceptors (Lipinski definition) is 5. The first-order valence-corrected chi connectivity index (χ1v) is 8.54. The number of rotatable bonds is 8. The highest BCUT2D eigenvalue weighted by Gasteiger charge is 2.13. The topological polar surface area (TPSA) is 84.5 Å². The van der Waals surface area contributed by atoms with Gasteiger partial charge in [0.1, 0.15) is 6.61 Å². The van der Waals surface area contributed by atoms with Crippen LogP contribution in [0.15, 0.2) is 24.3 Å². The molecule has 0 aromatic heterocycles. The number of sulfone groups is 1. The second kappa shape index (κ2) is 7.99. The van der Waals surface area contributed by atoms with Crippen LogP contribution in [0, 0.1) is 0 Å². The lowest BCUT2D eigenvalue weighted by Crippen LogP contribution is -2.26. The van der Waals surface area contributed by atoms with Crippen LogP contribution in [0.4, 0.5) is 11.4 Å². The summed E-state index contributed by atoms with van der Waals surface area (Å²) in [5.74, 6) is -0.0353. The van der Waals surface area contributed by atoms with E-state index in [0.29, 0.717) is 5.69 Å².